The molecule has 2 aliphatic rings. The molecule has 1 aliphatic heterocycles. The zero-order valence-corrected chi connectivity index (χ0v) is 9.80. The Kier molecular flexibility index (Phi) is 2.96. The largest absolute Gasteiger partial charge is 0.412 e. The monoisotopic (exact) mass is 262 g/mol. The van der Waals surface area contributed by atoms with Crippen LogP contribution in [0.2, 0.25) is 0 Å². The van der Waals surface area contributed by atoms with E-state index in [0.717, 1.165) is 0 Å². The van der Waals surface area contributed by atoms with E-state index in [1.165, 1.54) is 0 Å². The predicted octanol–water partition coefficient (Wildman–Crippen LogP) is 2.41. The maximum Gasteiger partial charge on any atom is 0.412 e. The second kappa shape index (κ2) is 4.08. The van der Waals surface area contributed by atoms with Crippen molar-refractivity contribution >= 4 is 0 Å². The highest BCUT2D eigenvalue weighted by Gasteiger charge is 2.47. The lowest BCUT2D eigenvalue weighted by Crippen LogP contribution is -2.43. The minimum absolute atomic E-state index is 0.198. The number of hydrogen-bond acceptors (Lipinski definition) is 3. The van der Waals surface area contributed by atoms with Gasteiger partial charge in [-0.2, -0.15) is 13.2 Å². The maximum atomic E-state index is 12.8. The van der Waals surface area contributed by atoms with Gasteiger partial charge < -0.3 is 5.32 Å². The number of alkyl halides is 3. The minimum atomic E-state index is -4.51. The summed E-state index contributed by atoms with van der Waals surface area (Å²) in [5.74, 6) is 0. The number of hydrogen-bond donors (Lipinski definition) is 1. The van der Waals surface area contributed by atoms with Crippen molar-refractivity contribution in [1.82, 2.24) is 5.32 Å². The van der Waals surface area contributed by atoms with Gasteiger partial charge in [0.25, 0.3) is 5.70 Å². The summed E-state index contributed by atoms with van der Waals surface area (Å²) in [7, 11) is 0. The summed E-state index contributed by atoms with van der Waals surface area (Å²) in [6.45, 7) is 2.56. The number of piperidine rings is 1. The minimum Gasteiger partial charge on any atom is -0.316 e. The Balaban J connectivity index is 2.53. The van der Waals surface area contributed by atoms with Crippen molar-refractivity contribution in [1.29, 1.82) is 0 Å². The van der Waals surface area contributed by atoms with Gasteiger partial charge in [-0.25, -0.2) is 0 Å². The van der Waals surface area contributed by atoms with Crippen LogP contribution < -0.4 is 5.32 Å². The van der Waals surface area contributed by atoms with E-state index in [0.29, 0.717) is 31.2 Å². The number of nitrogens with zero attached hydrogens (tertiary/aromatic N) is 1. The number of nitrogens with one attached hydrogen (secondary N) is 1. The van der Waals surface area contributed by atoms with Crippen molar-refractivity contribution in [2.75, 3.05) is 13.1 Å². The van der Waals surface area contributed by atoms with E-state index >= 15 is 0 Å². The summed E-state index contributed by atoms with van der Waals surface area (Å²) >= 11 is 0. The summed E-state index contributed by atoms with van der Waals surface area (Å²) in [5, 5.41) is 13.9. The Hall–Kier alpha value is -1.37. The van der Waals surface area contributed by atoms with Crippen LogP contribution in [0.15, 0.2) is 22.9 Å². The SMILES string of the molecule is CC12CNCCC1=C([N+](=O)[O-])C=C(C(F)(F)F)C2. The zero-order valence-electron chi connectivity index (χ0n) is 9.80. The van der Waals surface area contributed by atoms with Crippen molar-refractivity contribution < 1.29 is 18.1 Å². The molecular formula is C11H13F3N2O2. The summed E-state index contributed by atoms with van der Waals surface area (Å²) in [5.41, 5.74) is -1.47. The molecule has 0 amide bonds. The second-order valence-corrected chi connectivity index (χ2v) is 4.95. The molecule has 1 fully saturated rings. The van der Waals surface area contributed by atoms with Crippen LogP contribution >= 0.6 is 0 Å². The molecular weight excluding hydrogens is 249 g/mol. The Morgan fingerprint density at radius 3 is 2.72 bits per heavy atom. The summed E-state index contributed by atoms with van der Waals surface area (Å²) in [6, 6.07) is 0. The predicted molar refractivity (Wildman–Crippen MR) is 58.4 cm³/mol. The third-order valence-electron chi connectivity index (χ3n) is 3.56. The van der Waals surface area contributed by atoms with Gasteiger partial charge in [0.05, 0.1) is 4.92 Å². The molecule has 100 valence electrons. The third-order valence-corrected chi connectivity index (χ3v) is 3.56. The van der Waals surface area contributed by atoms with Crippen LogP contribution in [-0.2, 0) is 0 Å². The first-order chi connectivity index (χ1) is 8.24. The highest BCUT2D eigenvalue weighted by molar-refractivity contribution is 5.37. The topological polar surface area (TPSA) is 55.2 Å². The van der Waals surface area contributed by atoms with Gasteiger partial charge in [-0.05, 0) is 19.4 Å². The van der Waals surface area contributed by atoms with Crippen molar-refractivity contribution in [2.24, 2.45) is 5.41 Å². The molecule has 1 heterocycles. The van der Waals surface area contributed by atoms with Crippen molar-refractivity contribution in [3.8, 4) is 0 Å². The third kappa shape index (κ3) is 2.14. The molecule has 0 radical (unpaired) electrons. The van der Waals surface area contributed by atoms with Gasteiger partial charge in [0.1, 0.15) is 0 Å². The summed E-state index contributed by atoms with van der Waals surface area (Å²) < 4.78 is 38.3. The van der Waals surface area contributed by atoms with Crippen LogP contribution in [-0.4, -0.2) is 24.2 Å². The van der Waals surface area contributed by atoms with Gasteiger partial charge in [0.15, 0.2) is 0 Å². The van der Waals surface area contributed by atoms with Gasteiger partial charge in [-0.3, -0.25) is 10.1 Å². The first-order valence-electron chi connectivity index (χ1n) is 5.60. The second-order valence-electron chi connectivity index (χ2n) is 4.95. The Morgan fingerprint density at radius 2 is 2.17 bits per heavy atom. The quantitative estimate of drug-likeness (QED) is 0.583. The smallest absolute Gasteiger partial charge is 0.316 e. The van der Waals surface area contributed by atoms with Crippen LogP contribution in [0.5, 0.6) is 0 Å². The van der Waals surface area contributed by atoms with E-state index < -0.39 is 22.1 Å². The molecule has 2 rings (SSSR count). The fourth-order valence-electron chi connectivity index (χ4n) is 2.66. The Bertz CT molecular complexity index is 454. The fraction of sp³-hybridized carbons (Fsp3) is 0.636. The summed E-state index contributed by atoms with van der Waals surface area (Å²) in [4.78, 5) is 10.2. The molecule has 0 saturated carbocycles. The standard InChI is InChI=1S/C11H13F3N2O2/c1-10-5-7(11(12,13)14)4-9(16(17)18)8(10)2-3-15-6-10/h4,15H,2-3,5-6H2,1H3. The Labute approximate surface area is 102 Å². The molecule has 1 unspecified atom stereocenters. The highest BCUT2D eigenvalue weighted by Crippen LogP contribution is 2.47. The molecule has 18 heavy (non-hydrogen) atoms. The van der Waals surface area contributed by atoms with Gasteiger partial charge >= 0.3 is 6.18 Å². The molecule has 4 nitrogen and oxygen atoms in total. The molecule has 1 saturated heterocycles. The molecule has 1 N–H and O–H groups in total. The van der Waals surface area contributed by atoms with Gasteiger partial charge in [0.2, 0.25) is 0 Å². The van der Waals surface area contributed by atoms with Crippen LogP contribution in [0.4, 0.5) is 13.2 Å². The number of allylic oxidation sites excluding steroid dienone is 2. The van der Waals surface area contributed by atoms with Crippen molar-refractivity contribution in [3.05, 3.63) is 33.0 Å². The molecule has 1 aliphatic carbocycles. The lowest BCUT2D eigenvalue weighted by atomic mass is 9.69. The fourth-order valence-corrected chi connectivity index (χ4v) is 2.66. The highest BCUT2D eigenvalue weighted by atomic mass is 19.4. The number of nitro groups is 1. The van der Waals surface area contributed by atoms with Crippen LogP contribution in [0.25, 0.3) is 0 Å². The van der Waals surface area contributed by atoms with E-state index in [4.69, 9.17) is 0 Å². The molecule has 1 atom stereocenters. The Morgan fingerprint density at radius 1 is 1.50 bits per heavy atom. The first kappa shape index (κ1) is 13.1. The zero-order chi connectivity index (χ0) is 13.6. The molecule has 0 aromatic rings. The first-order valence-corrected chi connectivity index (χ1v) is 5.60. The number of fused-ring (bicyclic) bond motifs is 1. The maximum absolute atomic E-state index is 12.8. The molecule has 0 bridgehead atoms. The normalized spacial score (nSPS) is 28.8. The van der Waals surface area contributed by atoms with Gasteiger partial charge in [0, 0.05) is 29.2 Å². The van der Waals surface area contributed by atoms with E-state index in [2.05, 4.69) is 5.32 Å². The van der Waals surface area contributed by atoms with E-state index in [1.807, 2.05) is 0 Å². The summed E-state index contributed by atoms with van der Waals surface area (Å²) in [6.07, 6.45) is -3.58. The van der Waals surface area contributed by atoms with Crippen molar-refractivity contribution in [2.45, 2.75) is 25.9 Å². The average molecular weight is 262 g/mol. The van der Waals surface area contributed by atoms with Gasteiger partial charge in [-0.15, -0.1) is 0 Å². The van der Waals surface area contributed by atoms with Crippen LogP contribution in [0, 0.1) is 15.5 Å². The number of halogens is 3. The van der Waals surface area contributed by atoms with Crippen molar-refractivity contribution in [3.63, 3.8) is 0 Å². The van der Waals surface area contributed by atoms with Crippen LogP contribution in [0.3, 0.4) is 0 Å². The van der Waals surface area contributed by atoms with E-state index in [1.54, 1.807) is 6.92 Å². The van der Waals surface area contributed by atoms with E-state index in [-0.39, 0.29) is 12.1 Å². The lowest BCUT2D eigenvalue weighted by Gasteiger charge is -2.39. The molecule has 0 aromatic heterocycles. The van der Waals surface area contributed by atoms with Crippen LogP contribution in [0.1, 0.15) is 19.8 Å². The molecule has 0 spiro atoms. The van der Waals surface area contributed by atoms with E-state index in [9.17, 15) is 23.3 Å². The molecule has 7 heteroatoms. The lowest BCUT2D eigenvalue weighted by molar-refractivity contribution is -0.421. The van der Waals surface area contributed by atoms with Gasteiger partial charge in [-0.1, -0.05) is 6.92 Å². The molecule has 0 aromatic carbocycles. The average Bonchev–Trinajstić information content (AvgIpc) is 2.25. The number of rotatable bonds is 1.